The van der Waals surface area contributed by atoms with Gasteiger partial charge in [-0.2, -0.15) is 0 Å². The molecule has 0 aromatic carbocycles. The van der Waals surface area contributed by atoms with Gasteiger partial charge in [-0.1, -0.05) is 6.92 Å². The first kappa shape index (κ1) is 20.9. The van der Waals surface area contributed by atoms with Crippen LogP contribution in [0.2, 0.25) is 0 Å². The van der Waals surface area contributed by atoms with Crippen molar-refractivity contribution in [2.24, 2.45) is 0 Å². The molecule has 1 N–H and O–H groups in total. The van der Waals surface area contributed by atoms with Crippen LogP contribution in [0.5, 0.6) is 0 Å². The molecule has 2 fully saturated rings. The van der Waals surface area contributed by atoms with Crippen LogP contribution in [0.1, 0.15) is 19.8 Å². The SMILES string of the molecule is CCN1CCN(CC(=O)N2CCCC(NC)C2)CC1.Cl.Cl. The van der Waals surface area contributed by atoms with Gasteiger partial charge in [-0.25, -0.2) is 0 Å². The summed E-state index contributed by atoms with van der Waals surface area (Å²) in [7, 11) is 1.99. The third kappa shape index (κ3) is 6.28. The van der Waals surface area contributed by atoms with E-state index in [1.165, 1.54) is 6.42 Å². The summed E-state index contributed by atoms with van der Waals surface area (Å²) in [6.45, 7) is 10.0. The van der Waals surface area contributed by atoms with Crippen LogP contribution < -0.4 is 5.32 Å². The van der Waals surface area contributed by atoms with Gasteiger partial charge < -0.3 is 15.1 Å². The molecule has 0 aromatic rings. The standard InChI is InChI=1S/C14H28N4O.2ClH/c1-3-16-7-9-17(10-8-16)12-14(19)18-6-4-5-13(11-18)15-2;;/h13,15H,3-12H2,1-2H3;2*1H. The van der Waals surface area contributed by atoms with Crippen LogP contribution in [0.4, 0.5) is 0 Å². The Hall–Kier alpha value is -0.0700. The molecule has 7 heteroatoms. The van der Waals surface area contributed by atoms with E-state index in [1.807, 2.05) is 11.9 Å². The molecule has 21 heavy (non-hydrogen) atoms. The first-order chi connectivity index (χ1) is 9.22. The molecule has 2 heterocycles. The molecule has 0 aromatic heterocycles. The second-order valence-electron chi connectivity index (χ2n) is 5.68. The molecule has 0 bridgehead atoms. The number of likely N-dealkylation sites (tertiary alicyclic amines) is 1. The molecular weight excluding hydrogens is 311 g/mol. The number of piperidine rings is 1. The lowest BCUT2D eigenvalue weighted by Gasteiger charge is -2.37. The molecule has 0 radical (unpaired) electrons. The second kappa shape index (κ2) is 10.6. The zero-order valence-corrected chi connectivity index (χ0v) is 14.8. The molecule has 1 unspecified atom stereocenters. The van der Waals surface area contributed by atoms with Crippen LogP contribution in [0.15, 0.2) is 0 Å². The van der Waals surface area contributed by atoms with Gasteiger partial charge in [0, 0.05) is 45.3 Å². The fourth-order valence-corrected chi connectivity index (χ4v) is 2.99. The molecule has 2 rings (SSSR count). The molecule has 2 aliphatic rings. The van der Waals surface area contributed by atoms with E-state index in [0.717, 1.165) is 52.2 Å². The van der Waals surface area contributed by atoms with Gasteiger partial charge in [0.15, 0.2) is 0 Å². The zero-order chi connectivity index (χ0) is 13.7. The lowest BCUT2D eigenvalue weighted by Crippen LogP contribution is -2.53. The van der Waals surface area contributed by atoms with Crippen molar-refractivity contribution in [1.82, 2.24) is 20.0 Å². The number of rotatable bonds is 4. The lowest BCUT2D eigenvalue weighted by molar-refractivity contribution is -0.134. The summed E-state index contributed by atoms with van der Waals surface area (Å²) in [5.41, 5.74) is 0. The Bertz CT molecular complexity index is 299. The van der Waals surface area contributed by atoms with Crippen molar-refractivity contribution >= 4 is 30.7 Å². The van der Waals surface area contributed by atoms with Crippen LogP contribution in [0, 0.1) is 0 Å². The van der Waals surface area contributed by atoms with Gasteiger partial charge in [-0.05, 0) is 26.4 Å². The topological polar surface area (TPSA) is 38.8 Å². The summed E-state index contributed by atoms with van der Waals surface area (Å²) in [5, 5.41) is 3.29. The number of hydrogen-bond acceptors (Lipinski definition) is 4. The van der Waals surface area contributed by atoms with E-state index >= 15 is 0 Å². The highest BCUT2D eigenvalue weighted by atomic mass is 35.5. The highest BCUT2D eigenvalue weighted by Crippen LogP contribution is 2.11. The Morgan fingerprint density at radius 3 is 2.29 bits per heavy atom. The largest absolute Gasteiger partial charge is 0.340 e. The number of carbonyl (C=O) groups is 1. The minimum absolute atomic E-state index is 0. The number of nitrogens with one attached hydrogen (secondary N) is 1. The molecule has 0 aliphatic carbocycles. The second-order valence-corrected chi connectivity index (χ2v) is 5.68. The van der Waals surface area contributed by atoms with E-state index in [0.29, 0.717) is 18.5 Å². The fraction of sp³-hybridized carbons (Fsp3) is 0.929. The molecule has 1 amide bonds. The number of halogens is 2. The highest BCUT2D eigenvalue weighted by molar-refractivity contribution is 5.85. The summed E-state index contributed by atoms with van der Waals surface area (Å²) < 4.78 is 0. The maximum atomic E-state index is 12.3. The molecule has 126 valence electrons. The predicted octanol–water partition coefficient (Wildman–Crippen LogP) is 0.678. The molecule has 2 saturated heterocycles. The third-order valence-electron chi connectivity index (χ3n) is 4.45. The van der Waals surface area contributed by atoms with Crippen molar-refractivity contribution in [2.75, 3.05) is 59.4 Å². The Labute approximate surface area is 141 Å². The first-order valence-electron chi connectivity index (χ1n) is 7.62. The summed E-state index contributed by atoms with van der Waals surface area (Å²) in [4.78, 5) is 19.1. The van der Waals surface area contributed by atoms with E-state index in [9.17, 15) is 4.79 Å². The van der Waals surface area contributed by atoms with E-state index in [-0.39, 0.29) is 24.8 Å². The van der Waals surface area contributed by atoms with Crippen LogP contribution in [0.25, 0.3) is 0 Å². The van der Waals surface area contributed by atoms with Gasteiger partial charge in [-0.15, -0.1) is 24.8 Å². The van der Waals surface area contributed by atoms with Crippen molar-refractivity contribution in [2.45, 2.75) is 25.8 Å². The van der Waals surface area contributed by atoms with Crippen LogP contribution in [0.3, 0.4) is 0 Å². The molecule has 2 aliphatic heterocycles. The predicted molar refractivity (Wildman–Crippen MR) is 91.7 cm³/mol. The van der Waals surface area contributed by atoms with Crippen molar-refractivity contribution in [1.29, 1.82) is 0 Å². The van der Waals surface area contributed by atoms with E-state index in [1.54, 1.807) is 0 Å². The minimum atomic E-state index is 0. The Balaban J connectivity index is 0.00000200. The van der Waals surface area contributed by atoms with Crippen molar-refractivity contribution in [3.8, 4) is 0 Å². The minimum Gasteiger partial charge on any atom is -0.340 e. The lowest BCUT2D eigenvalue weighted by atomic mass is 10.1. The average molecular weight is 341 g/mol. The van der Waals surface area contributed by atoms with Gasteiger partial charge in [0.25, 0.3) is 0 Å². The fourth-order valence-electron chi connectivity index (χ4n) is 2.99. The van der Waals surface area contributed by atoms with E-state index in [2.05, 4.69) is 22.0 Å². The highest BCUT2D eigenvalue weighted by Gasteiger charge is 2.25. The Kier molecular flexibility index (Phi) is 10.6. The molecule has 0 saturated carbocycles. The van der Waals surface area contributed by atoms with Gasteiger partial charge >= 0.3 is 0 Å². The van der Waals surface area contributed by atoms with Crippen molar-refractivity contribution in [3.63, 3.8) is 0 Å². The quantitative estimate of drug-likeness (QED) is 0.816. The Morgan fingerprint density at radius 1 is 1.10 bits per heavy atom. The summed E-state index contributed by atoms with van der Waals surface area (Å²) in [6.07, 6.45) is 2.32. The monoisotopic (exact) mass is 340 g/mol. The number of carbonyl (C=O) groups excluding carboxylic acids is 1. The normalized spacial score (nSPS) is 24.1. The average Bonchev–Trinajstić information content (AvgIpc) is 2.48. The van der Waals surface area contributed by atoms with Crippen molar-refractivity contribution in [3.05, 3.63) is 0 Å². The number of piperazine rings is 1. The van der Waals surface area contributed by atoms with Gasteiger partial charge in [0.1, 0.15) is 0 Å². The smallest absolute Gasteiger partial charge is 0.236 e. The summed E-state index contributed by atoms with van der Waals surface area (Å²) in [5.74, 6) is 0.310. The molecule has 1 atom stereocenters. The number of nitrogens with zero attached hydrogens (tertiary/aromatic N) is 3. The van der Waals surface area contributed by atoms with E-state index in [4.69, 9.17) is 0 Å². The molecular formula is C14H30Cl2N4O. The summed E-state index contributed by atoms with van der Waals surface area (Å²) in [6, 6.07) is 0.481. The van der Waals surface area contributed by atoms with Gasteiger partial charge in [-0.3, -0.25) is 9.69 Å². The third-order valence-corrected chi connectivity index (χ3v) is 4.45. The van der Waals surface area contributed by atoms with Gasteiger partial charge in [0.05, 0.1) is 6.54 Å². The molecule has 0 spiro atoms. The number of amides is 1. The van der Waals surface area contributed by atoms with Crippen LogP contribution in [-0.4, -0.2) is 86.1 Å². The summed E-state index contributed by atoms with van der Waals surface area (Å²) >= 11 is 0. The maximum absolute atomic E-state index is 12.3. The van der Waals surface area contributed by atoms with Crippen molar-refractivity contribution < 1.29 is 4.79 Å². The molecule has 5 nitrogen and oxygen atoms in total. The number of hydrogen-bond donors (Lipinski definition) is 1. The first-order valence-corrected chi connectivity index (χ1v) is 7.62. The Morgan fingerprint density at radius 2 is 1.71 bits per heavy atom. The zero-order valence-electron chi connectivity index (χ0n) is 13.2. The van der Waals surface area contributed by atoms with Crippen LogP contribution >= 0.6 is 24.8 Å². The van der Waals surface area contributed by atoms with Crippen LogP contribution in [-0.2, 0) is 4.79 Å². The van der Waals surface area contributed by atoms with Gasteiger partial charge in [0.2, 0.25) is 5.91 Å². The van der Waals surface area contributed by atoms with E-state index < -0.39 is 0 Å². The maximum Gasteiger partial charge on any atom is 0.236 e. The number of likely N-dealkylation sites (N-methyl/N-ethyl adjacent to an activating group) is 2.